The zero-order chi connectivity index (χ0) is 11.7. The van der Waals surface area contributed by atoms with Crippen molar-refractivity contribution in [1.82, 2.24) is 4.57 Å². The molecule has 2 aromatic heterocycles. The van der Waals surface area contributed by atoms with Crippen LogP contribution in [0.3, 0.4) is 0 Å². The van der Waals surface area contributed by atoms with Crippen LogP contribution in [0.15, 0.2) is 6.07 Å². The molecule has 0 fully saturated rings. The molecule has 0 aliphatic carbocycles. The number of rotatable bonds is 3. The van der Waals surface area contributed by atoms with Gasteiger partial charge in [-0.15, -0.1) is 5.38 Å². The van der Waals surface area contributed by atoms with E-state index in [0.29, 0.717) is 24.2 Å². The molecule has 0 bridgehead atoms. The van der Waals surface area contributed by atoms with E-state index in [1.807, 2.05) is 0 Å². The van der Waals surface area contributed by atoms with Gasteiger partial charge in [0.15, 0.2) is 0 Å². The third-order valence-corrected chi connectivity index (χ3v) is 3.24. The summed E-state index contributed by atoms with van der Waals surface area (Å²) in [6.45, 7) is 2.03. The first kappa shape index (κ1) is 14.1. The average Bonchev–Trinajstić information content (AvgIpc) is 2.81. The van der Waals surface area contributed by atoms with Crippen molar-refractivity contribution in [3.63, 3.8) is 0 Å². The van der Waals surface area contributed by atoms with Crippen LogP contribution in [0.4, 0.5) is 0 Å². The number of fused-ring (bicyclic) bond motifs is 1. The van der Waals surface area contributed by atoms with Crippen molar-refractivity contribution in [3.8, 4) is 0 Å². The topological polar surface area (TPSA) is 48.3 Å². The van der Waals surface area contributed by atoms with Gasteiger partial charge in [0.05, 0.1) is 6.61 Å². The van der Waals surface area contributed by atoms with Crippen molar-refractivity contribution in [2.45, 2.75) is 6.92 Å². The Morgan fingerprint density at radius 1 is 1.65 bits per heavy atom. The van der Waals surface area contributed by atoms with Gasteiger partial charge in [-0.1, -0.05) is 10.2 Å². The molecule has 17 heavy (non-hydrogen) atoms. The minimum Gasteiger partial charge on any atom is -0.461 e. The zero-order valence-corrected chi connectivity index (χ0v) is 12.9. The van der Waals surface area contributed by atoms with Gasteiger partial charge in [0.1, 0.15) is 12.0 Å². The van der Waals surface area contributed by atoms with Crippen LogP contribution in [-0.4, -0.2) is 23.4 Å². The van der Waals surface area contributed by atoms with Gasteiger partial charge in [-0.2, -0.15) is 6.07 Å². The molecule has 0 unspecified atom stereocenters. The van der Waals surface area contributed by atoms with E-state index in [-0.39, 0.29) is 20.4 Å². The summed E-state index contributed by atoms with van der Waals surface area (Å²) in [5.41, 5.74) is 1.53. The second-order valence-electron chi connectivity index (χ2n) is 3.24. The van der Waals surface area contributed by atoms with E-state index >= 15 is 0 Å². The van der Waals surface area contributed by atoms with E-state index in [1.54, 1.807) is 24.6 Å². The van der Waals surface area contributed by atoms with Gasteiger partial charge in [0.2, 0.25) is 0 Å². The molecule has 0 spiro atoms. The summed E-state index contributed by atoms with van der Waals surface area (Å²) in [4.78, 5) is 22.7. The van der Waals surface area contributed by atoms with E-state index in [0.717, 1.165) is 10.2 Å². The summed E-state index contributed by atoms with van der Waals surface area (Å²) in [5, 5.41) is 2.94. The summed E-state index contributed by atoms with van der Waals surface area (Å²) < 4.78 is 7.37. The van der Waals surface area contributed by atoms with E-state index in [2.05, 4.69) is 5.38 Å². The van der Waals surface area contributed by atoms with Gasteiger partial charge in [0.25, 0.3) is 0 Å². The van der Waals surface area contributed by atoms with E-state index in [9.17, 15) is 9.59 Å². The molecule has 0 aliphatic rings. The molecule has 0 N–H and O–H groups in total. The van der Waals surface area contributed by atoms with Crippen LogP contribution in [0, 0.1) is 5.38 Å². The fraction of sp³-hybridized carbons (Fsp3) is 0.273. The fourth-order valence-corrected chi connectivity index (χ4v) is 2.51. The maximum atomic E-state index is 11.7. The van der Waals surface area contributed by atoms with Crippen LogP contribution in [0.1, 0.15) is 27.8 Å². The Morgan fingerprint density at radius 3 is 2.94 bits per heavy atom. The fourth-order valence-electron chi connectivity index (χ4n) is 1.67. The van der Waals surface area contributed by atoms with Crippen molar-refractivity contribution >= 4 is 33.8 Å². The van der Waals surface area contributed by atoms with Gasteiger partial charge in [-0.3, -0.25) is 16.1 Å². The number of nitrogens with zero attached hydrogens (tertiary/aromatic N) is 1. The van der Waals surface area contributed by atoms with Gasteiger partial charge < -0.3 is 9.30 Å². The molecule has 0 aromatic carbocycles. The normalized spacial score (nSPS) is 10.0. The summed E-state index contributed by atoms with van der Waals surface area (Å²) in [6.07, 6.45) is 0.693. The van der Waals surface area contributed by atoms with Crippen molar-refractivity contribution in [2.24, 2.45) is 7.05 Å². The number of esters is 1. The number of carbonyl (C=O) groups excluding carboxylic acids is 2. The minimum absolute atomic E-state index is 0. The molecule has 2 rings (SSSR count). The van der Waals surface area contributed by atoms with Gasteiger partial charge >= 0.3 is 5.97 Å². The Bertz CT molecular complexity index is 558. The van der Waals surface area contributed by atoms with Crippen LogP contribution in [0.25, 0.3) is 10.2 Å². The number of hydrogen-bond donors (Lipinski definition) is 0. The quantitative estimate of drug-likeness (QED) is 0.432. The molecular formula is C11H10NO3ReS-. The third kappa shape index (κ3) is 2.21. The standard InChI is InChI=1S/C11H10NO3S.Re/c1-3-15-11(14)9-7(6-13)10-8(12(9)2)4-5-16-10;/h4,6H,3H2,1-2H3;/q-1;. The predicted octanol–water partition coefficient (Wildman–Crippen LogP) is 2.03. The zero-order valence-electron chi connectivity index (χ0n) is 9.32. The predicted molar refractivity (Wildman–Crippen MR) is 61.0 cm³/mol. The van der Waals surface area contributed by atoms with Crippen LogP contribution in [0.5, 0.6) is 0 Å². The van der Waals surface area contributed by atoms with Gasteiger partial charge in [-0.25, -0.2) is 4.79 Å². The second kappa shape index (κ2) is 5.59. The number of hydrogen-bond acceptors (Lipinski definition) is 4. The number of aldehydes is 1. The Labute approximate surface area is 116 Å². The van der Waals surface area contributed by atoms with Crippen LogP contribution in [-0.2, 0) is 32.2 Å². The van der Waals surface area contributed by atoms with Crippen molar-refractivity contribution in [1.29, 1.82) is 0 Å². The molecule has 0 aliphatic heterocycles. The second-order valence-corrected chi connectivity index (χ2v) is 4.09. The first-order valence-corrected chi connectivity index (χ1v) is 5.62. The molecule has 0 atom stereocenters. The monoisotopic (exact) mass is 423 g/mol. The molecule has 2 heterocycles. The number of aromatic nitrogens is 1. The molecule has 91 valence electrons. The summed E-state index contributed by atoms with van der Waals surface area (Å²) in [5.74, 6) is -0.463. The summed E-state index contributed by atoms with van der Waals surface area (Å²) in [7, 11) is 1.74. The van der Waals surface area contributed by atoms with E-state index in [4.69, 9.17) is 4.74 Å². The Morgan fingerprint density at radius 2 is 2.35 bits per heavy atom. The maximum absolute atomic E-state index is 11.7. The van der Waals surface area contributed by atoms with E-state index < -0.39 is 5.97 Å². The average molecular weight is 422 g/mol. The Kier molecular flexibility index (Phi) is 4.64. The van der Waals surface area contributed by atoms with E-state index in [1.165, 1.54) is 11.3 Å². The first-order valence-electron chi connectivity index (χ1n) is 4.81. The van der Waals surface area contributed by atoms with Crippen molar-refractivity contribution in [3.05, 3.63) is 22.7 Å². The van der Waals surface area contributed by atoms with Crippen molar-refractivity contribution < 1.29 is 34.7 Å². The summed E-state index contributed by atoms with van der Waals surface area (Å²) in [6, 6.07) is 1.76. The molecule has 2 aromatic rings. The molecular weight excluding hydrogens is 412 g/mol. The molecule has 0 saturated carbocycles. The van der Waals surface area contributed by atoms with Crippen LogP contribution in [0.2, 0.25) is 0 Å². The molecule has 6 heteroatoms. The van der Waals surface area contributed by atoms with Crippen LogP contribution < -0.4 is 0 Å². The number of thiophene rings is 1. The minimum atomic E-state index is -0.463. The third-order valence-electron chi connectivity index (χ3n) is 2.37. The Hall–Kier alpha value is -0.958. The molecule has 0 saturated heterocycles. The summed E-state index contributed by atoms with van der Waals surface area (Å²) >= 11 is 1.32. The molecule has 4 nitrogen and oxygen atoms in total. The molecule has 0 amide bonds. The van der Waals surface area contributed by atoms with Crippen molar-refractivity contribution in [2.75, 3.05) is 6.61 Å². The maximum Gasteiger partial charge on any atom is 0.353 e. The first-order chi connectivity index (χ1) is 7.70. The number of aryl methyl sites for hydroxylation is 1. The molecule has 1 radical (unpaired) electrons. The number of carbonyl (C=O) groups is 2. The number of ether oxygens (including phenoxy) is 1. The SMILES string of the molecule is CCOC(=O)c1c(C=O)c2s[c-]cc2n1C.[Re]. The largest absolute Gasteiger partial charge is 0.461 e. The van der Waals surface area contributed by atoms with Gasteiger partial charge in [0, 0.05) is 20.4 Å². The van der Waals surface area contributed by atoms with Gasteiger partial charge in [-0.05, 0) is 19.5 Å². The smallest absolute Gasteiger partial charge is 0.353 e. The van der Waals surface area contributed by atoms with Crippen LogP contribution >= 0.6 is 11.3 Å². The Balaban J connectivity index is 0.00000144.